The summed E-state index contributed by atoms with van der Waals surface area (Å²) in [6.07, 6.45) is 0. The van der Waals surface area contributed by atoms with Gasteiger partial charge in [0, 0.05) is 0 Å². The fraction of sp³-hybridized carbons (Fsp3) is 0.400. The predicted octanol–water partition coefficient (Wildman–Crippen LogP) is 2.13. The van der Waals surface area contributed by atoms with E-state index < -0.39 is 0 Å². The molecule has 0 aromatic heterocycles. The molecule has 0 aliphatic carbocycles. The molecule has 0 aliphatic heterocycles. The van der Waals surface area contributed by atoms with E-state index in [0.717, 1.165) is 16.4 Å². The average Bonchev–Trinajstić information content (AvgIpc) is 2.08. The molecule has 0 heterocycles. The SMILES string of the molecule is Cc1c(C)c(O)c(C)c(P)c1C. The molecule has 0 bridgehead atoms. The normalized spacial score (nSPS) is 10.4. The summed E-state index contributed by atoms with van der Waals surface area (Å²) >= 11 is 0. The van der Waals surface area contributed by atoms with Gasteiger partial charge in [0.05, 0.1) is 0 Å². The first-order chi connectivity index (χ1) is 5.46. The molecule has 1 N–H and O–H groups in total. The molecular weight excluding hydrogens is 167 g/mol. The van der Waals surface area contributed by atoms with Gasteiger partial charge in [-0.3, -0.25) is 0 Å². The van der Waals surface area contributed by atoms with Crippen molar-refractivity contribution < 1.29 is 5.11 Å². The molecule has 0 fully saturated rings. The highest BCUT2D eigenvalue weighted by molar-refractivity contribution is 7.27. The van der Waals surface area contributed by atoms with Crippen LogP contribution < -0.4 is 5.30 Å². The Kier molecular flexibility index (Phi) is 2.44. The zero-order chi connectivity index (χ0) is 9.46. The maximum absolute atomic E-state index is 9.68. The molecule has 0 saturated heterocycles. The van der Waals surface area contributed by atoms with E-state index in [9.17, 15) is 5.11 Å². The largest absolute Gasteiger partial charge is 0.507 e. The predicted molar refractivity (Wildman–Crippen MR) is 56.4 cm³/mol. The van der Waals surface area contributed by atoms with E-state index in [1.54, 1.807) is 0 Å². The van der Waals surface area contributed by atoms with Gasteiger partial charge in [0.25, 0.3) is 0 Å². The van der Waals surface area contributed by atoms with Crippen molar-refractivity contribution in [2.45, 2.75) is 27.7 Å². The average molecular weight is 182 g/mol. The van der Waals surface area contributed by atoms with Crippen molar-refractivity contribution >= 4 is 14.5 Å². The quantitative estimate of drug-likeness (QED) is 0.609. The van der Waals surface area contributed by atoms with Crippen LogP contribution >= 0.6 is 9.24 Å². The molecule has 0 radical (unpaired) electrons. The molecule has 0 saturated carbocycles. The lowest BCUT2D eigenvalue weighted by Gasteiger charge is -2.13. The zero-order valence-electron chi connectivity index (χ0n) is 8.02. The summed E-state index contributed by atoms with van der Waals surface area (Å²) in [7, 11) is 2.68. The lowest BCUT2D eigenvalue weighted by atomic mass is 9.99. The molecule has 12 heavy (non-hydrogen) atoms. The van der Waals surface area contributed by atoms with Gasteiger partial charge >= 0.3 is 0 Å². The number of aromatic hydroxyl groups is 1. The van der Waals surface area contributed by atoms with Crippen molar-refractivity contribution in [3.63, 3.8) is 0 Å². The van der Waals surface area contributed by atoms with Gasteiger partial charge in [-0.15, -0.1) is 9.24 Å². The summed E-state index contributed by atoms with van der Waals surface area (Å²) in [6.45, 7) is 8.01. The molecule has 1 aromatic carbocycles. The summed E-state index contributed by atoms with van der Waals surface area (Å²) in [5.41, 5.74) is 4.41. The molecule has 1 atom stereocenters. The van der Waals surface area contributed by atoms with Gasteiger partial charge in [-0.05, 0) is 55.3 Å². The van der Waals surface area contributed by atoms with Gasteiger partial charge in [0.2, 0.25) is 0 Å². The number of phenols is 1. The number of hydrogen-bond donors (Lipinski definition) is 1. The fourth-order valence-electron chi connectivity index (χ4n) is 1.35. The number of hydrogen-bond acceptors (Lipinski definition) is 1. The highest BCUT2D eigenvalue weighted by Gasteiger charge is 2.10. The second-order valence-corrected chi connectivity index (χ2v) is 3.84. The minimum atomic E-state index is 0.433. The molecule has 1 nitrogen and oxygen atoms in total. The lowest BCUT2D eigenvalue weighted by molar-refractivity contribution is 0.467. The minimum Gasteiger partial charge on any atom is -0.507 e. The van der Waals surface area contributed by atoms with E-state index in [1.165, 1.54) is 11.1 Å². The first kappa shape index (κ1) is 9.54. The minimum absolute atomic E-state index is 0.433. The van der Waals surface area contributed by atoms with E-state index in [-0.39, 0.29) is 0 Å². The number of rotatable bonds is 0. The fourth-order valence-corrected chi connectivity index (χ4v) is 1.70. The van der Waals surface area contributed by atoms with Crippen molar-refractivity contribution in [1.82, 2.24) is 0 Å². The van der Waals surface area contributed by atoms with Crippen LogP contribution in [0.2, 0.25) is 0 Å². The standard InChI is InChI=1S/C10H15OP/c1-5-6(2)9(11)8(4)10(12)7(5)3/h11H,12H2,1-4H3. The van der Waals surface area contributed by atoms with Crippen LogP contribution in [-0.4, -0.2) is 5.11 Å². The second-order valence-electron chi connectivity index (χ2n) is 3.26. The summed E-state index contributed by atoms with van der Waals surface area (Å²) in [4.78, 5) is 0. The third kappa shape index (κ3) is 1.23. The Labute approximate surface area is 76.0 Å². The number of phenolic OH excluding ortho intramolecular Hbond substituents is 1. The van der Waals surface area contributed by atoms with Gasteiger partial charge in [-0.25, -0.2) is 0 Å². The van der Waals surface area contributed by atoms with Crippen LogP contribution in [0.1, 0.15) is 22.3 Å². The molecule has 1 aromatic rings. The summed E-state index contributed by atoms with van der Waals surface area (Å²) in [5, 5.41) is 10.8. The van der Waals surface area contributed by atoms with Crippen LogP contribution in [0, 0.1) is 27.7 Å². The summed E-state index contributed by atoms with van der Waals surface area (Å²) in [5.74, 6) is 0.433. The molecule has 0 spiro atoms. The van der Waals surface area contributed by atoms with Gasteiger partial charge in [-0.2, -0.15) is 0 Å². The smallest absolute Gasteiger partial charge is 0.122 e. The van der Waals surface area contributed by atoms with Crippen LogP contribution in [-0.2, 0) is 0 Å². The monoisotopic (exact) mass is 182 g/mol. The van der Waals surface area contributed by atoms with Gasteiger partial charge < -0.3 is 5.11 Å². The van der Waals surface area contributed by atoms with Crippen LogP contribution in [0.5, 0.6) is 5.75 Å². The van der Waals surface area contributed by atoms with Crippen molar-refractivity contribution in [2.75, 3.05) is 0 Å². The molecule has 1 unspecified atom stereocenters. The highest BCUT2D eigenvalue weighted by Crippen LogP contribution is 2.26. The van der Waals surface area contributed by atoms with Crippen LogP contribution in [0.3, 0.4) is 0 Å². The Morgan fingerprint density at radius 3 is 1.83 bits per heavy atom. The first-order valence-corrected chi connectivity index (χ1v) is 4.59. The summed E-state index contributed by atoms with van der Waals surface area (Å²) < 4.78 is 0. The lowest BCUT2D eigenvalue weighted by Crippen LogP contribution is -2.06. The molecule has 0 amide bonds. The highest BCUT2D eigenvalue weighted by atomic mass is 31.0. The molecule has 1 rings (SSSR count). The van der Waals surface area contributed by atoms with E-state index in [0.29, 0.717) is 5.75 Å². The van der Waals surface area contributed by atoms with E-state index in [1.807, 2.05) is 20.8 Å². The van der Waals surface area contributed by atoms with Crippen LogP contribution in [0.15, 0.2) is 0 Å². The van der Waals surface area contributed by atoms with E-state index >= 15 is 0 Å². The van der Waals surface area contributed by atoms with Gasteiger partial charge in [0.15, 0.2) is 0 Å². The van der Waals surface area contributed by atoms with Crippen molar-refractivity contribution in [1.29, 1.82) is 0 Å². The third-order valence-corrected chi connectivity index (χ3v) is 3.51. The van der Waals surface area contributed by atoms with Gasteiger partial charge in [-0.1, -0.05) is 0 Å². The molecular formula is C10H15OP. The first-order valence-electron chi connectivity index (χ1n) is 4.01. The molecule has 66 valence electrons. The molecule has 2 heteroatoms. The Bertz CT molecular complexity index is 224. The van der Waals surface area contributed by atoms with Crippen molar-refractivity contribution in [3.8, 4) is 5.75 Å². The maximum atomic E-state index is 9.68. The Morgan fingerprint density at radius 2 is 1.33 bits per heavy atom. The van der Waals surface area contributed by atoms with E-state index in [2.05, 4.69) is 16.2 Å². The van der Waals surface area contributed by atoms with Crippen LogP contribution in [0.4, 0.5) is 0 Å². The van der Waals surface area contributed by atoms with E-state index in [4.69, 9.17) is 0 Å². The second kappa shape index (κ2) is 3.06. The van der Waals surface area contributed by atoms with Crippen LogP contribution in [0.25, 0.3) is 0 Å². The maximum Gasteiger partial charge on any atom is 0.122 e. The Balaban J connectivity index is 3.60. The van der Waals surface area contributed by atoms with Crippen molar-refractivity contribution in [3.05, 3.63) is 22.3 Å². The molecule has 0 aliphatic rings. The Hall–Kier alpha value is -0.550. The van der Waals surface area contributed by atoms with Crippen molar-refractivity contribution in [2.24, 2.45) is 0 Å². The summed E-state index contributed by atoms with van der Waals surface area (Å²) in [6, 6.07) is 0. The Morgan fingerprint density at radius 1 is 0.833 bits per heavy atom. The van der Waals surface area contributed by atoms with Gasteiger partial charge in [0.1, 0.15) is 5.75 Å². The number of benzene rings is 1. The third-order valence-electron chi connectivity index (χ3n) is 2.64. The topological polar surface area (TPSA) is 20.2 Å². The zero-order valence-corrected chi connectivity index (χ0v) is 9.18.